The summed E-state index contributed by atoms with van der Waals surface area (Å²) in [5.41, 5.74) is 1.53. The molecule has 168 valence electrons. The quantitative estimate of drug-likeness (QED) is 0.268. The molecule has 0 atom stereocenters. The molecule has 1 aromatic heterocycles. The fourth-order valence-electron chi connectivity index (χ4n) is 3.57. The minimum Gasteiger partial charge on any atom is -0.345 e. The number of rotatable bonds is 6. The number of nitrogens with zero attached hydrogens (tertiary/aromatic N) is 3. The van der Waals surface area contributed by atoms with Gasteiger partial charge in [-0.3, -0.25) is 14.9 Å². The molecule has 1 amide bonds. The van der Waals surface area contributed by atoms with E-state index in [4.69, 9.17) is 0 Å². The summed E-state index contributed by atoms with van der Waals surface area (Å²) in [5, 5.41) is 12.2. The molecule has 0 spiro atoms. The highest BCUT2D eigenvalue weighted by Gasteiger charge is 2.19. The maximum atomic E-state index is 13.7. The summed E-state index contributed by atoms with van der Waals surface area (Å²) in [6, 6.07) is 14.9. The van der Waals surface area contributed by atoms with Gasteiger partial charge in [0.25, 0.3) is 11.6 Å². The first-order valence-electron chi connectivity index (χ1n) is 9.93. The lowest BCUT2D eigenvalue weighted by atomic mass is 10.1. The van der Waals surface area contributed by atoms with Crippen LogP contribution in [0.5, 0.6) is 0 Å². The molecule has 0 aliphatic heterocycles. The second kappa shape index (κ2) is 9.03. The number of para-hydroxylation sites is 1. The summed E-state index contributed by atoms with van der Waals surface area (Å²) in [6.07, 6.45) is 1.78. The average Bonchev–Trinajstić information content (AvgIpc) is 3.09. The molecule has 4 aromatic rings. The highest BCUT2D eigenvalue weighted by molar-refractivity contribution is 7.99. The third kappa shape index (κ3) is 4.73. The summed E-state index contributed by atoms with van der Waals surface area (Å²) in [5.74, 6) is -1.55. The van der Waals surface area contributed by atoms with Crippen molar-refractivity contribution < 1.29 is 18.5 Å². The molecule has 0 saturated carbocycles. The number of nitro groups is 1. The van der Waals surface area contributed by atoms with Crippen LogP contribution in [0.3, 0.4) is 0 Å². The van der Waals surface area contributed by atoms with Gasteiger partial charge in [0.1, 0.15) is 11.6 Å². The number of carbonyl (C=O) groups excluding carboxylic acids is 1. The number of aromatic nitrogens is 1. The maximum Gasteiger partial charge on any atom is 0.283 e. The fraction of sp³-hybridized carbons (Fsp3) is 0.125. The topological polar surface area (TPSA) is 68.4 Å². The molecule has 33 heavy (non-hydrogen) atoms. The number of nitro benzene ring substituents is 1. The summed E-state index contributed by atoms with van der Waals surface area (Å²) in [7, 11) is 3.30. The van der Waals surface area contributed by atoms with Crippen molar-refractivity contribution in [2.75, 3.05) is 14.1 Å². The van der Waals surface area contributed by atoms with Crippen molar-refractivity contribution in [1.82, 2.24) is 9.47 Å². The van der Waals surface area contributed by atoms with Gasteiger partial charge in [0.15, 0.2) is 0 Å². The first-order chi connectivity index (χ1) is 15.7. The number of halogens is 2. The van der Waals surface area contributed by atoms with E-state index in [1.165, 1.54) is 34.9 Å². The highest BCUT2D eigenvalue weighted by Crippen LogP contribution is 2.39. The van der Waals surface area contributed by atoms with Crippen LogP contribution in [0.1, 0.15) is 15.9 Å². The minimum atomic E-state index is -0.681. The number of fused-ring (bicyclic) bond motifs is 1. The zero-order valence-corrected chi connectivity index (χ0v) is 18.6. The Morgan fingerprint density at radius 2 is 1.73 bits per heavy atom. The Kier molecular flexibility index (Phi) is 6.15. The molecule has 3 aromatic carbocycles. The molecular formula is C24H19F2N3O3S. The van der Waals surface area contributed by atoms with E-state index >= 15 is 0 Å². The van der Waals surface area contributed by atoms with Gasteiger partial charge in [-0.25, -0.2) is 8.78 Å². The van der Waals surface area contributed by atoms with E-state index < -0.39 is 16.6 Å². The number of hydrogen-bond donors (Lipinski definition) is 0. The van der Waals surface area contributed by atoms with Gasteiger partial charge >= 0.3 is 0 Å². The SMILES string of the molecule is CN(C)C(=O)c1ccc2c(Sc3ccccc3[N+](=O)[O-])cn(Cc3cc(F)cc(F)c3)c2c1. The molecule has 4 rings (SSSR count). The Hall–Kier alpha value is -3.72. The fourth-order valence-corrected chi connectivity index (χ4v) is 4.67. The zero-order chi connectivity index (χ0) is 23.7. The second-order valence-corrected chi connectivity index (χ2v) is 8.74. The largest absolute Gasteiger partial charge is 0.345 e. The van der Waals surface area contributed by atoms with E-state index in [-0.39, 0.29) is 18.1 Å². The highest BCUT2D eigenvalue weighted by atomic mass is 32.2. The van der Waals surface area contributed by atoms with Crippen LogP contribution in [-0.2, 0) is 6.54 Å². The van der Waals surface area contributed by atoms with Gasteiger partial charge in [-0.15, -0.1) is 0 Å². The van der Waals surface area contributed by atoms with Gasteiger partial charge in [0.2, 0.25) is 0 Å². The smallest absolute Gasteiger partial charge is 0.283 e. The van der Waals surface area contributed by atoms with Crippen molar-refractivity contribution in [3.63, 3.8) is 0 Å². The molecule has 6 nitrogen and oxygen atoms in total. The molecule has 0 unspecified atom stereocenters. The molecule has 0 aliphatic rings. The van der Waals surface area contributed by atoms with Crippen molar-refractivity contribution in [2.24, 2.45) is 0 Å². The standard InChI is InChI=1S/C24H19F2N3O3S/c1-27(2)24(30)16-7-8-19-21(11-16)28(13-15-9-17(25)12-18(26)10-15)14-23(19)33-22-6-4-3-5-20(22)29(31)32/h3-12,14H,13H2,1-2H3. The van der Waals surface area contributed by atoms with E-state index in [0.717, 1.165) is 16.3 Å². The van der Waals surface area contributed by atoms with Crippen LogP contribution in [0.2, 0.25) is 0 Å². The lowest BCUT2D eigenvalue weighted by molar-refractivity contribution is -0.387. The van der Waals surface area contributed by atoms with Crippen LogP contribution in [0.4, 0.5) is 14.5 Å². The van der Waals surface area contributed by atoms with Crippen molar-refractivity contribution >= 4 is 34.3 Å². The number of hydrogen-bond acceptors (Lipinski definition) is 4. The Morgan fingerprint density at radius 1 is 1.03 bits per heavy atom. The Balaban J connectivity index is 1.84. The predicted octanol–water partition coefficient (Wildman–Crippen LogP) is 5.73. The molecule has 0 aliphatic carbocycles. The number of amides is 1. The molecule has 0 fully saturated rings. The van der Waals surface area contributed by atoms with Gasteiger partial charge in [-0.05, 0) is 35.9 Å². The van der Waals surface area contributed by atoms with Crippen molar-refractivity contribution in [3.8, 4) is 0 Å². The van der Waals surface area contributed by atoms with E-state index in [2.05, 4.69) is 0 Å². The summed E-state index contributed by atoms with van der Waals surface area (Å²) < 4.78 is 29.3. The van der Waals surface area contributed by atoms with Gasteiger partial charge < -0.3 is 9.47 Å². The monoisotopic (exact) mass is 467 g/mol. The van der Waals surface area contributed by atoms with Crippen LogP contribution in [-0.4, -0.2) is 34.4 Å². The Morgan fingerprint density at radius 3 is 2.39 bits per heavy atom. The van der Waals surface area contributed by atoms with E-state index in [0.29, 0.717) is 21.5 Å². The average molecular weight is 467 g/mol. The third-order valence-corrected chi connectivity index (χ3v) is 6.17. The summed E-state index contributed by atoms with van der Waals surface area (Å²) in [6.45, 7) is 0.155. The predicted molar refractivity (Wildman–Crippen MR) is 123 cm³/mol. The number of carbonyl (C=O) groups is 1. The second-order valence-electron chi connectivity index (χ2n) is 7.66. The first kappa shape index (κ1) is 22.5. The van der Waals surface area contributed by atoms with E-state index in [9.17, 15) is 23.7 Å². The van der Waals surface area contributed by atoms with Gasteiger partial charge in [-0.1, -0.05) is 30.0 Å². The molecular weight excluding hydrogens is 448 g/mol. The Bertz CT molecular complexity index is 1360. The van der Waals surface area contributed by atoms with E-state index in [1.54, 1.807) is 61.3 Å². The summed E-state index contributed by atoms with van der Waals surface area (Å²) in [4.78, 5) is 26.1. The van der Waals surface area contributed by atoms with Crippen LogP contribution in [0, 0.1) is 21.7 Å². The molecule has 0 saturated heterocycles. The third-order valence-electron chi connectivity index (χ3n) is 5.06. The molecule has 0 radical (unpaired) electrons. The maximum absolute atomic E-state index is 13.7. The molecule has 9 heteroatoms. The van der Waals surface area contributed by atoms with Gasteiger partial charge in [0, 0.05) is 54.8 Å². The first-order valence-corrected chi connectivity index (χ1v) is 10.8. The van der Waals surface area contributed by atoms with Gasteiger partial charge in [0.05, 0.1) is 15.3 Å². The van der Waals surface area contributed by atoms with Crippen molar-refractivity contribution in [2.45, 2.75) is 16.3 Å². The molecule has 0 N–H and O–H groups in total. The van der Waals surface area contributed by atoms with Crippen LogP contribution < -0.4 is 0 Å². The molecule has 1 heterocycles. The van der Waals surface area contributed by atoms with Gasteiger partial charge in [-0.2, -0.15) is 0 Å². The lowest BCUT2D eigenvalue weighted by Crippen LogP contribution is -2.21. The van der Waals surface area contributed by atoms with Crippen molar-refractivity contribution in [3.05, 3.63) is 99.7 Å². The van der Waals surface area contributed by atoms with Crippen LogP contribution >= 0.6 is 11.8 Å². The molecule has 0 bridgehead atoms. The van der Waals surface area contributed by atoms with Crippen LogP contribution in [0.15, 0.2) is 76.7 Å². The van der Waals surface area contributed by atoms with Crippen LogP contribution in [0.25, 0.3) is 10.9 Å². The zero-order valence-electron chi connectivity index (χ0n) is 17.8. The summed E-state index contributed by atoms with van der Waals surface area (Å²) >= 11 is 1.22. The van der Waals surface area contributed by atoms with Crippen molar-refractivity contribution in [1.29, 1.82) is 0 Å². The normalized spacial score (nSPS) is 11.0. The van der Waals surface area contributed by atoms with E-state index in [1.807, 2.05) is 0 Å². The minimum absolute atomic E-state index is 0.0185. The number of benzene rings is 3. The lowest BCUT2D eigenvalue weighted by Gasteiger charge is -2.11. The Labute approximate surface area is 192 Å².